The summed E-state index contributed by atoms with van der Waals surface area (Å²) in [6.45, 7) is 9.94. The van der Waals surface area contributed by atoms with Crippen molar-refractivity contribution in [1.82, 2.24) is 14.7 Å². The number of carbonyl (C=O) groups is 2. The molecule has 8 heteroatoms. The summed E-state index contributed by atoms with van der Waals surface area (Å²) in [6.07, 6.45) is 0. The van der Waals surface area contributed by atoms with Gasteiger partial charge in [-0.15, -0.1) is 0 Å². The number of hydrogen-bond acceptors (Lipinski definition) is 5. The Morgan fingerprint density at radius 3 is 2.46 bits per heavy atom. The fourth-order valence-corrected chi connectivity index (χ4v) is 3.90. The molecule has 2 heterocycles. The number of piperazine rings is 1. The highest BCUT2D eigenvalue weighted by Crippen LogP contribution is 2.19. The molecule has 2 amide bonds. The van der Waals surface area contributed by atoms with Crippen LogP contribution < -0.4 is 5.32 Å². The summed E-state index contributed by atoms with van der Waals surface area (Å²) < 4.78 is 5.32. The molecule has 0 radical (unpaired) electrons. The van der Waals surface area contributed by atoms with Crippen molar-refractivity contribution in [2.75, 3.05) is 64.3 Å². The number of rotatable bonds is 5. The van der Waals surface area contributed by atoms with Gasteiger partial charge >= 0.3 is 0 Å². The predicted molar refractivity (Wildman–Crippen MR) is 110 cm³/mol. The first-order valence-corrected chi connectivity index (χ1v) is 10.2. The Labute approximate surface area is 171 Å². The molecule has 154 valence electrons. The van der Waals surface area contributed by atoms with Crippen molar-refractivity contribution in [3.63, 3.8) is 0 Å². The van der Waals surface area contributed by atoms with E-state index in [1.165, 1.54) is 0 Å². The smallest absolute Gasteiger partial charge is 0.239 e. The molecule has 1 atom stereocenters. The third kappa shape index (κ3) is 5.44. The minimum Gasteiger partial charge on any atom is -0.378 e. The molecule has 2 saturated heterocycles. The van der Waals surface area contributed by atoms with Crippen LogP contribution >= 0.6 is 11.6 Å². The number of aryl methyl sites for hydroxylation is 1. The Morgan fingerprint density at radius 1 is 1.14 bits per heavy atom. The van der Waals surface area contributed by atoms with Crippen LogP contribution in [0.3, 0.4) is 0 Å². The third-order valence-corrected chi connectivity index (χ3v) is 5.70. The van der Waals surface area contributed by atoms with E-state index in [9.17, 15) is 9.59 Å². The lowest BCUT2D eigenvalue weighted by Gasteiger charge is -2.39. The zero-order valence-electron chi connectivity index (χ0n) is 16.6. The third-order valence-electron chi connectivity index (χ3n) is 5.46. The van der Waals surface area contributed by atoms with E-state index in [1.807, 2.05) is 30.9 Å². The Hall–Kier alpha value is -1.67. The Morgan fingerprint density at radius 2 is 1.82 bits per heavy atom. The first-order chi connectivity index (χ1) is 13.4. The molecule has 1 aromatic carbocycles. The lowest BCUT2D eigenvalue weighted by Crippen LogP contribution is -2.56. The number of benzene rings is 1. The van der Waals surface area contributed by atoms with E-state index in [1.54, 1.807) is 6.07 Å². The van der Waals surface area contributed by atoms with Gasteiger partial charge < -0.3 is 15.0 Å². The molecule has 0 spiro atoms. The van der Waals surface area contributed by atoms with Gasteiger partial charge in [-0.3, -0.25) is 19.4 Å². The highest BCUT2D eigenvalue weighted by atomic mass is 35.5. The van der Waals surface area contributed by atoms with E-state index in [0.717, 1.165) is 37.4 Å². The highest BCUT2D eigenvalue weighted by Gasteiger charge is 2.29. The van der Waals surface area contributed by atoms with Crippen LogP contribution in [-0.2, 0) is 14.3 Å². The van der Waals surface area contributed by atoms with Gasteiger partial charge in [0.1, 0.15) is 0 Å². The number of morpholine rings is 1. The summed E-state index contributed by atoms with van der Waals surface area (Å²) >= 11 is 5.96. The van der Waals surface area contributed by atoms with Gasteiger partial charge in [0, 0.05) is 50.0 Å². The van der Waals surface area contributed by atoms with E-state index in [-0.39, 0.29) is 17.9 Å². The quantitative estimate of drug-likeness (QED) is 0.798. The molecule has 1 aromatic rings. The number of hydrogen-bond donors (Lipinski definition) is 1. The topological polar surface area (TPSA) is 65.1 Å². The second kappa shape index (κ2) is 9.69. The van der Waals surface area contributed by atoms with Gasteiger partial charge in [-0.1, -0.05) is 11.6 Å². The SMILES string of the molecule is Cc1cc(Cl)ccc1NC(=O)CN1CCN(C(C)C(=O)N2CCOCC2)CC1. The number of anilines is 1. The number of amides is 2. The van der Waals surface area contributed by atoms with Gasteiger partial charge in [-0.25, -0.2) is 0 Å². The van der Waals surface area contributed by atoms with Crippen LogP contribution in [-0.4, -0.2) is 91.6 Å². The van der Waals surface area contributed by atoms with Gasteiger partial charge in [-0.05, 0) is 37.6 Å². The van der Waals surface area contributed by atoms with Gasteiger partial charge in [0.2, 0.25) is 11.8 Å². The fraction of sp³-hybridized carbons (Fsp3) is 0.600. The monoisotopic (exact) mass is 408 g/mol. The maximum atomic E-state index is 12.7. The van der Waals surface area contributed by atoms with Crippen molar-refractivity contribution in [2.24, 2.45) is 0 Å². The molecule has 3 rings (SSSR count). The molecule has 2 aliphatic heterocycles. The lowest BCUT2D eigenvalue weighted by molar-refractivity contribution is -0.141. The molecule has 1 N–H and O–H groups in total. The van der Waals surface area contributed by atoms with Crippen molar-refractivity contribution >= 4 is 29.1 Å². The van der Waals surface area contributed by atoms with E-state index in [4.69, 9.17) is 16.3 Å². The van der Waals surface area contributed by atoms with Crippen molar-refractivity contribution in [3.05, 3.63) is 28.8 Å². The summed E-state index contributed by atoms with van der Waals surface area (Å²) in [7, 11) is 0. The number of nitrogens with zero attached hydrogens (tertiary/aromatic N) is 3. The van der Waals surface area contributed by atoms with Gasteiger partial charge in [0.25, 0.3) is 0 Å². The minimum absolute atomic E-state index is 0.0312. The first kappa shape index (κ1) is 21.0. The standard InChI is InChI=1S/C20H29ClN4O3/c1-15-13-17(21)3-4-18(15)22-19(26)14-23-5-7-24(8-6-23)16(2)20(27)25-9-11-28-12-10-25/h3-4,13,16H,5-12,14H2,1-2H3,(H,22,26). The first-order valence-electron chi connectivity index (χ1n) is 9.83. The molecule has 2 aliphatic rings. The highest BCUT2D eigenvalue weighted by molar-refractivity contribution is 6.30. The number of carbonyl (C=O) groups excluding carboxylic acids is 2. The summed E-state index contributed by atoms with van der Waals surface area (Å²) in [5.74, 6) is 0.143. The second-order valence-electron chi connectivity index (χ2n) is 7.43. The van der Waals surface area contributed by atoms with Crippen molar-refractivity contribution < 1.29 is 14.3 Å². The van der Waals surface area contributed by atoms with Crippen LogP contribution in [0.4, 0.5) is 5.69 Å². The molecule has 1 unspecified atom stereocenters. The summed E-state index contributed by atoms with van der Waals surface area (Å²) in [6, 6.07) is 5.30. The molecule has 0 saturated carbocycles. The fourth-order valence-electron chi connectivity index (χ4n) is 3.67. The van der Waals surface area contributed by atoms with E-state index in [2.05, 4.69) is 15.1 Å². The van der Waals surface area contributed by atoms with E-state index in [0.29, 0.717) is 37.9 Å². The molecular weight excluding hydrogens is 380 g/mol. The van der Waals surface area contributed by atoms with Gasteiger partial charge in [0.15, 0.2) is 0 Å². The molecule has 28 heavy (non-hydrogen) atoms. The van der Waals surface area contributed by atoms with Crippen LogP contribution in [0.1, 0.15) is 12.5 Å². The van der Waals surface area contributed by atoms with Crippen LogP contribution in [0.5, 0.6) is 0 Å². The number of ether oxygens (including phenoxy) is 1. The Kier molecular flexibility index (Phi) is 7.29. The average molecular weight is 409 g/mol. The predicted octanol–water partition coefficient (Wildman–Crippen LogP) is 1.45. The Balaban J connectivity index is 1.44. The maximum Gasteiger partial charge on any atom is 0.239 e. The minimum atomic E-state index is -0.134. The van der Waals surface area contributed by atoms with Gasteiger partial charge in [-0.2, -0.15) is 0 Å². The second-order valence-corrected chi connectivity index (χ2v) is 7.87. The van der Waals surface area contributed by atoms with Crippen molar-refractivity contribution in [2.45, 2.75) is 19.9 Å². The largest absolute Gasteiger partial charge is 0.378 e. The van der Waals surface area contributed by atoms with E-state index >= 15 is 0 Å². The van der Waals surface area contributed by atoms with Crippen LogP contribution in [0.15, 0.2) is 18.2 Å². The average Bonchev–Trinajstić information content (AvgIpc) is 2.70. The van der Waals surface area contributed by atoms with Crippen molar-refractivity contribution in [3.8, 4) is 0 Å². The van der Waals surface area contributed by atoms with Crippen molar-refractivity contribution in [1.29, 1.82) is 0 Å². The number of nitrogens with one attached hydrogen (secondary N) is 1. The zero-order valence-corrected chi connectivity index (χ0v) is 17.4. The molecule has 0 bridgehead atoms. The molecule has 2 fully saturated rings. The van der Waals surface area contributed by atoms with E-state index < -0.39 is 0 Å². The van der Waals surface area contributed by atoms with Crippen LogP contribution in [0, 0.1) is 6.92 Å². The lowest BCUT2D eigenvalue weighted by atomic mass is 10.2. The summed E-state index contributed by atoms with van der Waals surface area (Å²) in [4.78, 5) is 31.3. The number of halogens is 1. The normalized spacial score (nSPS) is 20.0. The maximum absolute atomic E-state index is 12.7. The summed E-state index contributed by atoms with van der Waals surface area (Å²) in [5, 5.41) is 3.61. The molecule has 7 nitrogen and oxygen atoms in total. The van der Waals surface area contributed by atoms with Gasteiger partial charge in [0.05, 0.1) is 25.8 Å². The zero-order chi connectivity index (χ0) is 20.1. The molecule has 0 aromatic heterocycles. The molecule has 0 aliphatic carbocycles. The Bertz CT molecular complexity index is 701. The summed E-state index contributed by atoms with van der Waals surface area (Å²) in [5.41, 5.74) is 1.74. The van der Waals surface area contributed by atoms with Crippen LogP contribution in [0.25, 0.3) is 0 Å². The van der Waals surface area contributed by atoms with Crippen LogP contribution in [0.2, 0.25) is 5.02 Å². The molecular formula is C20H29ClN4O3.